The van der Waals surface area contributed by atoms with Crippen LogP contribution in [0, 0.1) is 13.8 Å². The van der Waals surface area contributed by atoms with Crippen molar-refractivity contribution in [3.63, 3.8) is 0 Å². The average Bonchev–Trinajstić information content (AvgIpc) is 2.64. The molecule has 0 aliphatic rings. The van der Waals surface area contributed by atoms with Crippen molar-refractivity contribution in [1.29, 1.82) is 0 Å². The fourth-order valence-electron chi connectivity index (χ4n) is 3.41. The van der Waals surface area contributed by atoms with Gasteiger partial charge in [-0.1, -0.05) is 43.7 Å². The first kappa shape index (κ1) is 18.3. The molecule has 0 bridgehead atoms. The van der Waals surface area contributed by atoms with Crippen LogP contribution in [0.15, 0.2) is 47.3 Å². The van der Waals surface area contributed by atoms with Gasteiger partial charge in [0.2, 0.25) is 0 Å². The predicted octanol–water partition coefficient (Wildman–Crippen LogP) is 4.45. The van der Waals surface area contributed by atoms with Crippen LogP contribution in [0.5, 0.6) is 0 Å². The smallest absolute Gasteiger partial charge is 0.266 e. The second-order valence-corrected chi connectivity index (χ2v) is 6.83. The third-order valence-electron chi connectivity index (χ3n) is 4.76. The zero-order valence-electron chi connectivity index (χ0n) is 16.0. The number of fused-ring (bicyclic) bond motifs is 1. The number of benzene rings is 2. The van der Waals surface area contributed by atoms with E-state index in [0.29, 0.717) is 5.39 Å². The van der Waals surface area contributed by atoms with E-state index < -0.39 is 0 Å². The van der Waals surface area contributed by atoms with Gasteiger partial charge in [-0.05, 0) is 57.0 Å². The van der Waals surface area contributed by atoms with E-state index in [9.17, 15) is 4.79 Å². The third-order valence-corrected chi connectivity index (χ3v) is 4.76. The van der Waals surface area contributed by atoms with Crippen molar-refractivity contribution in [1.82, 2.24) is 14.9 Å². The number of aromatic nitrogens is 2. The summed E-state index contributed by atoms with van der Waals surface area (Å²) in [7, 11) is 0. The Hall–Kier alpha value is -2.46. The van der Waals surface area contributed by atoms with Crippen LogP contribution in [0.25, 0.3) is 16.6 Å². The lowest BCUT2D eigenvalue weighted by atomic mass is 10.1. The molecule has 0 aliphatic carbocycles. The lowest BCUT2D eigenvalue weighted by molar-refractivity contribution is 0.483. The number of para-hydroxylation sites is 1. The Morgan fingerprint density at radius 3 is 2.58 bits per heavy atom. The molecule has 2 aromatic carbocycles. The molecule has 4 nitrogen and oxygen atoms in total. The number of nitrogens with zero attached hydrogens (tertiary/aromatic N) is 2. The van der Waals surface area contributed by atoms with Gasteiger partial charge < -0.3 is 5.32 Å². The molecule has 4 heteroatoms. The molecule has 136 valence electrons. The van der Waals surface area contributed by atoms with Crippen LogP contribution in [0.3, 0.4) is 0 Å². The Balaban J connectivity index is 2.32. The normalized spacial score (nSPS) is 12.5. The molecular weight excluding hydrogens is 322 g/mol. The largest absolute Gasteiger partial charge is 0.307 e. The summed E-state index contributed by atoms with van der Waals surface area (Å²) in [4.78, 5) is 18.3. The van der Waals surface area contributed by atoms with E-state index in [-0.39, 0.29) is 11.6 Å². The number of hydrogen-bond acceptors (Lipinski definition) is 3. The van der Waals surface area contributed by atoms with E-state index in [0.717, 1.165) is 42.0 Å². The molecule has 1 atom stereocenters. The van der Waals surface area contributed by atoms with Crippen LogP contribution >= 0.6 is 0 Å². The summed E-state index contributed by atoms with van der Waals surface area (Å²) in [6.45, 7) is 9.28. The fourth-order valence-corrected chi connectivity index (χ4v) is 3.41. The molecule has 26 heavy (non-hydrogen) atoms. The summed E-state index contributed by atoms with van der Waals surface area (Å²) in [5.74, 6) is 0.789. The van der Waals surface area contributed by atoms with Gasteiger partial charge in [0.1, 0.15) is 5.82 Å². The highest BCUT2D eigenvalue weighted by atomic mass is 16.1. The summed E-state index contributed by atoms with van der Waals surface area (Å²) in [5, 5.41) is 4.20. The predicted molar refractivity (Wildman–Crippen MR) is 108 cm³/mol. The minimum absolute atomic E-state index is 0.00528. The number of aryl methyl sites for hydroxylation is 2. The van der Waals surface area contributed by atoms with Gasteiger partial charge >= 0.3 is 0 Å². The molecule has 0 saturated carbocycles. The number of rotatable bonds is 6. The van der Waals surface area contributed by atoms with Crippen molar-refractivity contribution in [2.24, 2.45) is 0 Å². The van der Waals surface area contributed by atoms with E-state index in [1.165, 1.54) is 5.56 Å². The number of nitrogens with one attached hydrogen (secondary N) is 1. The monoisotopic (exact) mass is 349 g/mol. The Labute approximate surface area is 154 Å². The Morgan fingerprint density at radius 1 is 1.12 bits per heavy atom. The molecule has 1 aromatic heterocycles. The van der Waals surface area contributed by atoms with E-state index in [1.54, 1.807) is 4.57 Å². The molecule has 0 saturated heterocycles. The lowest BCUT2D eigenvalue weighted by Gasteiger charge is -2.22. The first-order valence-corrected chi connectivity index (χ1v) is 9.39. The molecule has 3 rings (SSSR count). The van der Waals surface area contributed by atoms with Crippen molar-refractivity contribution in [2.45, 2.75) is 46.6 Å². The average molecular weight is 349 g/mol. The first-order chi connectivity index (χ1) is 12.6. The van der Waals surface area contributed by atoms with E-state index in [4.69, 9.17) is 4.98 Å². The van der Waals surface area contributed by atoms with Crippen LogP contribution in [0.2, 0.25) is 0 Å². The maximum absolute atomic E-state index is 13.4. The minimum Gasteiger partial charge on any atom is -0.307 e. The summed E-state index contributed by atoms with van der Waals surface area (Å²) in [6.07, 6.45) is 1.91. The fraction of sp³-hybridized carbons (Fsp3) is 0.364. The zero-order valence-corrected chi connectivity index (χ0v) is 16.0. The highest BCUT2D eigenvalue weighted by Gasteiger charge is 2.20. The van der Waals surface area contributed by atoms with Gasteiger partial charge in [-0.25, -0.2) is 4.98 Å². The van der Waals surface area contributed by atoms with Crippen molar-refractivity contribution in [3.8, 4) is 5.69 Å². The van der Waals surface area contributed by atoms with Gasteiger partial charge in [-0.3, -0.25) is 9.36 Å². The van der Waals surface area contributed by atoms with Crippen molar-refractivity contribution in [3.05, 3.63) is 69.8 Å². The van der Waals surface area contributed by atoms with Gasteiger partial charge in [0.15, 0.2) is 0 Å². The Morgan fingerprint density at radius 2 is 1.88 bits per heavy atom. The van der Waals surface area contributed by atoms with Crippen LogP contribution in [-0.4, -0.2) is 16.1 Å². The third kappa shape index (κ3) is 3.42. The second-order valence-electron chi connectivity index (χ2n) is 6.83. The van der Waals surface area contributed by atoms with Gasteiger partial charge in [0.25, 0.3) is 5.56 Å². The molecule has 1 unspecified atom stereocenters. The van der Waals surface area contributed by atoms with E-state index in [2.05, 4.69) is 32.2 Å². The molecule has 0 radical (unpaired) electrons. The van der Waals surface area contributed by atoms with Crippen LogP contribution in [0.4, 0.5) is 0 Å². The number of hydrogen-bond donors (Lipinski definition) is 1. The minimum atomic E-state index is -0.00528. The standard InChI is InChI=1S/C22H27N3O/c1-5-13-23-18(6-2)21-24-19-10-8-7-9-17(19)22(26)25(21)20-12-11-15(3)14-16(20)4/h7-12,14,18,23H,5-6,13H2,1-4H3. The summed E-state index contributed by atoms with van der Waals surface area (Å²) in [6, 6.07) is 13.8. The molecule has 0 aliphatic heterocycles. The molecular formula is C22H27N3O. The summed E-state index contributed by atoms with van der Waals surface area (Å²) in [5.41, 5.74) is 3.92. The quantitative estimate of drug-likeness (QED) is 0.715. The molecule has 0 spiro atoms. The second kappa shape index (κ2) is 7.83. The van der Waals surface area contributed by atoms with E-state index in [1.807, 2.05) is 43.3 Å². The van der Waals surface area contributed by atoms with Gasteiger partial charge in [0, 0.05) is 0 Å². The molecule has 1 N–H and O–H groups in total. The van der Waals surface area contributed by atoms with Crippen molar-refractivity contribution in [2.75, 3.05) is 6.54 Å². The highest BCUT2D eigenvalue weighted by Crippen LogP contribution is 2.22. The first-order valence-electron chi connectivity index (χ1n) is 9.39. The summed E-state index contributed by atoms with van der Waals surface area (Å²) >= 11 is 0. The molecule has 0 amide bonds. The van der Waals surface area contributed by atoms with Crippen molar-refractivity contribution < 1.29 is 0 Å². The van der Waals surface area contributed by atoms with Crippen LogP contribution in [0.1, 0.15) is 49.7 Å². The van der Waals surface area contributed by atoms with Gasteiger partial charge in [0.05, 0.1) is 22.6 Å². The maximum Gasteiger partial charge on any atom is 0.266 e. The molecule has 1 heterocycles. The Kier molecular flexibility index (Phi) is 5.52. The van der Waals surface area contributed by atoms with Crippen LogP contribution < -0.4 is 10.9 Å². The topological polar surface area (TPSA) is 46.9 Å². The van der Waals surface area contributed by atoms with E-state index >= 15 is 0 Å². The van der Waals surface area contributed by atoms with Gasteiger partial charge in [-0.15, -0.1) is 0 Å². The molecule has 0 fully saturated rings. The Bertz CT molecular complexity index is 975. The summed E-state index contributed by atoms with van der Waals surface area (Å²) < 4.78 is 1.80. The lowest BCUT2D eigenvalue weighted by Crippen LogP contribution is -2.32. The SMILES string of the molecule is CCCNC(CC)c1nc2ccccc2c(=O)n1-c1ccc(C)cc1C. The van der Waals surface area contributed by atoms with Crippen LogP contribution in [-0.2, 0) is 0 Å². The zero-order chi connectivity index (χ0) is 18.7. The van der Waals surface area contributed by atoms with Gasteiger partial charge in [-0.2, -0.15) is 0 Å². The molecule has 3 aromatic rings. The maximum atomic E-state index is 13.4. The highest BCUT2D eigenvalue weighted by molar-refractivity contribution is 5.78. The van der Waals surface area contributed by atoms with Crippen molar-refractivity contribution >= 4 is 10.9 Å².